The molecule has 0 fully saturated rings. The van der Waals surface area contributed by atoms with Gasteiger partial charge < -0.3 is 5.32 Å². The van der Waals surface area contributed by atoms with Gasteiger partial charge in [0.25, 0.3) is 5.69 Å². The molecular weight excluding hydrogens is 376 g/mol. The summed E-state index contributed by atoms with van der Waals surface area (Å²) in [6.07, 6.45) is 2.54. The Morgan fingerprint density at radius 2 is 1.73 bits per heavy atom. The van der Waals surface area contributed by atoms with Crippen molar-refractivity contribution in [1.82, 2.24) is 0 Å². The maximum absolute atomic E-state index is 13.4. The van der Waals surface area contributed by atoms with Gasteiger partial charge in [-0.05, 0) is 27.8 Å². The summed E-state index contributed by atoms with van der Waals surface area (Å²) in [6, 6.07) is 18.9. The highest BCUT2D eigenvalue weighted by atomic mass is 16.6. The summed E-state index contributed by atoms with van der Waals surface area (Å²) < 4.78 is 0. The number of hydrogen-bond acceptors (Lipinski definition) is 4. The van der Waals surface area contributed by atoms with Crippen molar-refractivity contribution >= 4 is 27.9 Å². The van der Waals surface area contributed by atoms with Crippen LogP contribution in [0.1, 0.15) is 37.3 Å². The quantitative estimate of drug-likeness (QED) is 0.437. The third-order valence-electron chi connectivity index (χ3n) is 6.22. The van der Waals surface area contributed by atoms with Crippen molar-refractivity contribution in [3.05, 3.63) is 93.7 Å². The third-order valence-corrected chi connectivity index (χ3v) is 6.22. The standard InChI is InChI=1S/C25H22N2O3/c1-25(2)13-19-24(21(28)14-25)23(17-9-5-6-10-20(17)27(29)30)22-16-8-4-3-7-15(16)11-12-18(22)26-19/h3-13,23-24,26H,14H2,1-2H3/t23-,24+/m1/s1. The lowest BCUT2D eigenvalue weighted by Crippen LogP contribution is -2.39. The average Bonchev–Trinajstić information content (AvgIpc) is 2.71. The minimum atomic E-state index is -0.461. The van der Waals surface area contributed by atoms with E-state index in [1.165, 1.54) is 6.07 Å². The van der Waals surface area contributed by atoms with Gasteiger partial charge in [-0.25, -0.2) is 0 Å². The summed E-state index contributed by atoms with van der Waals surface area (Å²) in [5, 5.41) is 17.4. The van der Waals surface area contributed by atoms with E-state index in [4.69, 9.17) is 0 Å². The predicted molar refractivity (Wildman–Crippen MR) is 117 cm³/mol. The van der Waals surface area contributed by atoms with Crippen LogP contribution in [-0.2, 0) is 4.79 Å². The van der Waals surface area contributed by atoms with Crippen molar-refractivity contribution in [3.8, 4) is 0 Å². The lowest BCUT2D eigenvalue weighted by Gasteiger charge is -2.41. The summed E-state index contributed by atoms with van der Waals surface area (Å²) in [5.41, 5.74) is 3.10. The Bertz CT molecular complexity index is 1240. The first-order chi connectivity index (χ1) is 14.4. The van der Waals surface area contributed by atoms with Crippen LogP contribution in [0.2, 0.25) is 0 Å². The zero-order valence-corrected chi connectivity index (χ0v) is 16.9. The molecule has 1 N–H and O–H groups in total. The molecule has 0 bridgehead atoms. The number of nitro benzene ring substituents is 1. The van der Waals surface area contributed by atoms with Crippen molar-refractivity contribution in [2.75, 3.05) is 5.32 Å². The Morgan fingerprint density at radius 3 is 2.53 bits per heavy atom. The first-order valence-electron chi connectivity index (χ1n) is 10.1. The van der Waals surface area contributed by atoms with Crippen molar-refractivity contribution in [1.29, 1.82) is 0 Å². The summed E-state index contributed by atoms with van der Waals surface area (Å²) in [5.74, 6) is -0.757. The summed E-state index contributed by atoms with van der Waals surface area (Å²) in [7, 11) is 0. The normalized spacial score (nSPS) is 21.9. The highest BCUT2D eigenvalue weighted by Crippen LogP contribution is 2.52. The number of nitrogens with one attached hydrogen (secondary N) is 1. The zero-order chi connectivity index (χ0) is 21.0. The number of para-hydroxylation sites is 1. The Morgan fingerprint density at radius 1 is 1.00 bits per heavy atom. The summed E-state index contributed by atoms with van der Waals surface area (Å²) in [4.78, 5) is 24.9. The van der Waals surface area contributed by atoms with Crippen molar-refractivity contribution in [3.63, 3.8) is 0 Å². The number of carbonyl (C=O) groups is 1. The van der Waals surface area contributed by atoms with Crippen LogP contribution < -0.4 is 5.32 Å². The molecule has 1 aliphatic carbocycles. The fourth-order valence-electron chi connectivity index (χ4n) is 5.09. The fraction of sp³-hybridized carbons (Fsp3) is 0.240. The van der Waals surface area contributed by atoms with Gasteiger partial charge in [0, 0.05) is 35.4 Å². The van der Waals surface area contributed by atoms with E-state index in [1.807, 2.05) is 56.3 Å². The van der Waals surface area contributed by atoms with E-state index in [9.17, 15) is 14.9 Å². The molecule has 150 valence electrons. The lowest BCUT2D eigenvalue weighted by atomic mass is 9.66. The molecule has 0 saturated heterocycles. The van der Waals surface area contributed by atoms with Gasteiger partial charge in [-0.15, -0.1) is 0 Å². The lowest BCUT2D eigenvalue weighted by molar-refractivity contribution is -0.385. The minimum absolute atomic E-state index is 0.0558. The second-order valence-electron chi connectivity index (χ2n) is 8.88. The van der Waals surface area contributed by atoms with Crippen LogP contribution in [0.4, 0.5) is 11.4 Å². The molecule has 5 nitrogen and oxygen atoms in total. The van der Waals surface area contributed by atoms with Crippen LogP contribution in [0.3, 0.4) is 0 Å². The number of carbonyl (C=O) groups excluding carboxylic acids is 1. The Kier molecular flexibility index (Phi) is 4.03. The fourth-order valence-corrected chi connectivity index (χ4v) is 5.09. The Balaban J connectivity index is 1.86. The van der Waals surface area contributed by atoms with Crippen molar-refractivity contribution in [2.24, 2.45) is 11.3 Å². The number of ketones is 1. The van der Waals surface area contributed by atoms with Gasteiger partial charge in [0.2, 0.25) is 0 Å². The predicted octanol–water partition coefficient (Wildman–Crippen LogP) is 5.80. The minimum Gasteiger partial charge on any atom is -0.358 e. The van der Waals surface area contributed by atoms with E-state index in [0.29, 0.717) is 12.0 Å². The topological polar surface area (TPSA) is 72.2 Å². The molecule has 0 radical (unpaired) electrons. The molecular formula is C25H22N2O3. The molecule has 5 rings (SSSR count). The van der Waals surface area contributed by atoms with Gasteiger partial charge in [-0.3, -0.25) is 14.9 Å². The highest BCUT2D eigenvalue weighted by Gasteiger charge is 2.45. The van der Waals surface area contributed by atoms with Gasteiger partial charge in [-0.2, -0.15) is 0 Å². The second kappa shape index (κ2) is 6.52. The summed E-state index contributed by atoms with van der Waals surface area (Å²) >= 11 is 0. The number of benzene rings is 3. The molecule has 3 aromatic carbocycles. The third kappa shape index (κ3) is 2.81. The van der Waals surface area contributed by atoms with Crippen LogP contribution in [0.25, 0.3) is 10.8 Å². The number of fused-ring (bicyclic) bond motifs is 4. The van der Waals surface area contributed by atoms with Gasteiger partial charge in [0.05, 0.1) is 10.8 Å². The van der Waals surface area contributed by atoms with Gasteiger partial charge >= 0.3 is 0 Å². The first-order valence-corrected chi connectivity index (χ1v) is 10.1. The first kappa shape index (κ1) is 18.6. The smallest absolute Gasteiger partial charge is 0.273 e. The molecule has 0 aromatic heterocycles. The molecule has 0 unspecified atom stereocenters. The van der Waals surface area contributed by atoms with Crippen LogP contribution in [0.5, 0.6) is 0 Å². The van der Waals surface area contributed by atoms with Crippen molar-refractivity contribution < 1.29 is 9.72 Å². The molecule has 0 spiro atoms. The molecule has 0 saturated carbocycles. The molecule has 1 heterocycles. The number of rotatable bonds is 2. The largest absolute Gasteiger partial charge is 0.358 e. The molecule has 5 heteroatoms. The van der Waals surface area contributed by atoms with Gasteiger partial charge in [-0.1, -0.05) is 68.5 Å². The maximum Gasteiger partial charge on any atom is 0.273 e. The van der Waals surface area contributed by atoms with Gasteiger partial charge in [0.15, 0.2) is 0 Å². The number of allylic oxidation sites excluding steroid dienone is 2. The Labute approximate surface area is 174 Å². The van der Waals surface area contributed by atoms with E-state index in [-0.39, 0.29) is 21.8 Å². The van der Waals surface area contributed by atoms with E-state index < -0.39 is 11.8 Å². The SMILES string of the molecule is CC1(C)C=C2Nc3ccc4ccccc4c3[C@@H](c3ccccc3[N+](=O)[O-])[C@@H]2C(=O)C1. The van der Waals surface area contributed by atoms with Crippen LogP contribution >= 0.6 is 0 Å². The second-order valence-corrected chi connectivity index (χ2v) is 8.88. The highest BCUT2D eigenvalue weighted by molar-refractivity contribution is 5.97. The summed E-state index contributed by atoms with van der Waals surface area (Å²) in [6.45, 7) is 4.09. The molecule has 30 heavy (non-hydrogen) atoms. The van der Waals surface area contributed by atoms with Crippen molar-refractivity contribution in [2.45, 2.75) is 26.2 Å². The van der Waals surface area contributed by atoms with Crippen LogP contribution in [0.15, 0.2) is 72.4 Å². The number of nitrogens with zero attached hydrogens (tertiary/aromatic N) is 1. The maximum atomic E-state index is 13.4. The van der Waals surface area contributed by atoms with E-state index in [2.05, 4.69) is 11.4 Å². The van der Waals surface area contributed by atoms with E-state index >= 15 is 0 Å². The Hall–Kier alpha value is -3.47. The molecule has 1 aliphatic heterocycles. The number of anilines is 1. The molecule has 3 aromatic rings. The van der Waals surface area contributed by atoms with Gasteiger partial charge in [0.1, 0.15) is 5.78 Å². The van der Waals surface area contributed by atoms with Crippen LogP contribution in [0, 0.1) is 21.4 Å². The van der Waals surface area contributed by atoms with E-state index in [1.54, 1.807) is 12.1 Å². The average molecular weight is 398 g/mol. The number of hydrogen-bond donors (Lipinski definition) is 1. The number of Topliss-reactive ketones (excluding diaryl/α,β-unsaturated/α-hetero) is 1. The molecule has 2 atom stereocenters. The zero-order valence-electron chi connectivity index (χ0n) is 16.9. The number of nitro groups is 1. The van der Waals surface area contributed by atoms with E-state index in [0.717, 1.165) is 27.7 Å². The van der Waals surface area contributed by atoms with Crippen LogP contribution in [-0.4, -0.2) is 10.7 Å². The molecule has 0 amide bonds. The monoisotopic (exact) mass is 398 g/mol. The molecule has 2 aliphatic rings.